The lowest BCUT2D eigenvalue weighted by atomic mass is 10.1. The molecule has 3 rings (SSSR count). The Kier molecular flexibility index (Phi) is 9.25. The summed E-state index contributed by atoms with van der Waals surface area (Å²) in [5, 5.41) is 11.2. The molecular weight excluding hydrogens is 494 g/mol. The number of carbonyl (C=O) groups excluding carboxylic acids is 5. The molecule has 0 atom stereocenters. The molecule has 1 aliphatic rings. The molecule has 0 unspecified atom stereocenters. The third-order valence-corrected chi connectivity index (χ3v) is 5.83. The number of amides is 3. The average Bonchev–Trinajstić information content (AvgIpc) is 3.15. The van der Waals surface area contributed by atoms with Gasteiger partial charge < -0.3 is 19.7 Å². The number of nitrogens with zero attached hydrogens (tertiary/aromatic N) is 4. The van der Waals surface area contributed by atoms with Gasteiger partial charge in [-0.1, -0.05) is 0 Å². The molecule has 12 heteroatoms. The van der Waals surface area contributed by atoms with Crippen LogP contribution in [0.4, 0.5) is 22.7 Å². The SMILES string of the molecule is CCN1C(=O)c2ccc(N=Nc3ccc(N(CCC(=O)OC)CCC(=O)OC)cc3NC(C)=O)cc2C1=O. The van der Waals surface area contributed by atoms with Crippen LogP contribution in [0.15, 0.2) is 46.6 Å². The molecule has 1 aliphatic heterocycles. The van der Waals surface area contributed by atoms with Crippen molar-refractivity contribution in [3.63, 3.8) is 0 Å². The Hall–Kier alpha value is -4.61. The van der Waals surface area contributed by atoms with Crippen LogP contribution in [0, 0.1) is 0 Å². The molecule has 0 spiro atoms. The van der Waals surface area contributed by atoms with Gasteiger partial charge in [0.05, 0.1) is 49.6 Å². The van der Waals surface area contributed by atoms with E-state index >= 15 is 0 Å². The predicted octanol–water partition coefficient (Wildman–Crippen LogP) is 3.61. The van der Waals surface area contributed by atoms with Crippen LogP contribution in [-0.4, -0.2) is 68.4 Å². The molecule has 2 aromatic carbocycles. The number of benzene rings is 2. The van der Waals surface area contributed by atoms with Gasteiger partial charge in [0.15, 0.2) is 0 Å². The molecule has 1 N–H and O–H groups in total. The fourth-order valence-corrected chi connectivity index (χ4v) is 3.86. The summed E-state index contributed by atoms with van der Waals surface area (Å²) >= 11 is 0. The topological polar surface area (TPSA) is 147 Å². The van der Waals surface area contributed by atoms with Crippen LogP contribution in [0.25, 0.3) is 0 Å². The molecule has 12 nitrogen and oxygen atoms in total. The maximum atomic E-state index is 12.5. The highest BCUT2D eigenvalue weighted by atomic mass is 16.5. The first-order valence-electron chi connectivity index (χ1n) is 11.9. The van der Waals surface area contributed by atoms with Crippen LogP contribution in [0.2, 0.25) is 0 Å². The largest absolute Gasteiger partial charge is 0.469 e. The highest BCUT2D eigenvalue weighted by Crippen LogP contribution is 2.33. The summed E-state index contributed by atoms with van der Waals surface area (Å²) in [5.41, 5.74) is 2.25. The Labute approximate surface area is 219 Å². The van der Waals surface area contributed by atoms with Gasteiger partial charge in [-0.15, -0.1) is 5.11 Å². The maximum absolute atomic E-state index is 12.5. The maximum Gasteiger partial charge on any atom is 0.307 e. The van der Waals surface area contributed by atoms with Gasteiger partial charge in [-0.2, -0.15) is 5.11 Å². The van der Waals surface area contributed by atoms with Gasteiger partial charge in [0.1, 0.15) is 5.69 Å². The molecular formula is C26H29N5O7. The van der Waals surface area contributed by atoms with Crippen molar-refractivity contribution in [3.8, 4) is 0 Å². The summed E-state index contributed by atoms with van der Waals surface area (Å²) < 4.78 is 9.44. The first kappa shape index (κ1) is 28.0. The Morgan fingerprint density at radius 3 is 2.11 bits per heavy atom. The van der Waals surface area contributed by atoms with E-state index < -0.39 is 11.9 Å². The standard InChI is InChI=1S/C26H29N5O7/c1-5-31-25(35)19-8-6-17(14-20(19)26(31)36)28-29-21-9-7-18(15-22(21)27-16(2)32)30(12-10-23(33)37-3)13-11-24(34)38-4/h6-9,14-15H,5,10-13H2,1-4H3,(H,27,32). The molecule has 0 aromatic heterocycles. The van der Waals surface area contributed by atoms with Crippen molar-refractivity contribution >= 4 is 52.4 Å². The molecule has 3 amide bonds. The first-order chi connectivity index (χ1) is 18.2. The van der Waals surface area contributed by atoms with Gasteiger partial charge >= 0.3 is 11.9 Å². The second-order valence-corrected chi connectivity index (χ2v) is 8.31. The molecule has 0 aliphatic carbocycles. The number of rotatable bonds is 11. The molecule has 2 aromatic rings. The lowest BCUT2D eigenvalue weighted by molar-refractivity contribution is -0.140. The highest BCUT2D eigenvalue weighted by Gasteiger charge is 2.34. The van der Waals surface area contributed by atoms with Crippen LogP contribution >= 0.6 is 0 Å². The summed E-state index contributed by atoms with van der Waals surface area (Å²) in [7, 11) is 2.59. The minimum Gasteiger partial charge on any atom is -0.469 e. The Bertz CT molecular complexity index is 1270. The van der Waals surface area contributed by atoms with E-state index in [2.05, 4.69) is 15.5 Å². The van der Waals surface area contributed by atoms with Gasteiger partial charge in [0.25, 0.3) is 11.8 Å². The highest BCUT2D eigenvalue weighted by molar-refractivity contribution is 6.21. The molecule has 0 fully saturated rings. The lowest BCUT2D eigenvalue weighted by Crippen LogP contribution is -2.29. The van der Waals surface area contributed by atoms with Crippen LogP contribution in [0.3, 0.4) is 0 Å². The minimum atomic E-state index is -0.405. The van der Waals surface area contributed by atoms with E-state index in [1.54, 1.807) is 36.1 Å². The second kappa shape index (κ2) is 12.6. The predicted molar refractivity (Wildman–Crippen MR) is 138 cm³/mol. The second-order valence-electron chi connectivity index (χ2n) is 8.31. The summed E-state index contributed by atoms with van der Waals surface area (Å²) in [6.45, 7) is 3.87. The number of ether oxygens (including phenoxy) is 2. The van der Waals surface area contributed by atoms with E-state index in [1.165, 1.54) is 33.3 Å². The van der Waals surface area contributed by atoms with Crippen LogP contribution in [0.5, 0.6) is 0 Å². The summed E-state index contributed by atoms with van der Waals surface area (Å²) in [6, 6.07) is 9.64. The van der Waals surface area contributed by atoms with Crippen molar-refractivity contribution in [1.29, 1.82) is 0 Å². The Morgan fingerprint density at radius 1 is 0.895 bits per heavy atom. The van der Waals surface area contributed by atoms with Gasteiger partial charge in [-0.05, 0) is 43.3 Å². The van der Waals surface area contributed by atoms with Crippen LogP contribution in [0.1, 0.15) is 47.4 Å². The molecule has 0 saturated carbocycles. The fourth-order valence-electron chi connectivity index (χ4n) is 3.86. The van der Waals surface area contributed by atoms with Gasteiger partial charge in [-0.25, -0.2) is 0 Å². The van der Waals surface area contributed by atoms with E-state index in [-0.39, 0.29) is 55.8 Å². The molecule has 200 valence electrons. The van der Waals surface area contributed by atoms with Crippen molar-refractivity contribution in [2.45, 2.75) is 26.7 Å². The van der Waals surface area contributed by atoms with Crippen LogP contribution in [-0.2, 0) is 23.9 Å². The van der Waals surface area contributed by atoms with E-state index in [4.69, 9.17) is 9.47 Å². The van der Waals surface area contributed by atoms with Crippen molar-refractivity contribution in [2.75, 3.05) is 44.1 Å². The number of imide groups is 1. The fraction of sp³-hybridized carbons (Fsp3) is 0.346. The smallest absolute Gasteiger partial charge is 0.307 e. The number of hydrogen-bond donors (Lipinski definition) is 1. The van der Waals surface area contributed by atoms with E-state index in [1.807, 2.05) is 0 Å². The zero-order chi connectivity index (χ0) is 27.8. The Balaban J connectivity index is 1.90. The number of esters is 2. The monoisotopic (exact) mass is 523 g/mol. The van der Waals surface area contributed by atoms with E-state index in [0.717, 1.165) is 4.90 Å². The number of azo groups is 1. The van der Waals surface area contributed by atoms with Crippen LogP contribution < -0.4 is 10.2 Å². The molecule has 38 heavy (non-hydrogen) atoms. The number of anilines is 2. The average molecular weight is 524 g/mol. The number of carbonyl (C=O) groups is 5. The lowest BCUT2D eigenvalue weighted by Gasteiger charge is -2.25. The zero-order valence-corrected chi connectivity index (χ0v) is 21.6. The van der Waals surface area contributed by atoms with E-state index in [0.29, 0.717) is 28.3 Å². The molecule has 0 saturated heterocycles. The molecule has 0 bridgehead atoms. The van der Waals surface area contributed by atoms with E-state index in [9.17, 15) is 24.0 Å². The van der Waals surface area contributed by atoms with Gasteiger partial charge in [-0.3, -0.25) is 28.9 Å². The minimum absolute atomic E-state index is 0.0869. The third kappa shape index (κ3) is 6.58. The molecule has 1 heterocycles. The number of hydrogen-bond acceptors (Lipinski definition) is 10. The van der Waals surface area contributed by atoms with Gasteiger partial charge in [0, 0.05) is 32.2 Å². The summed E-state index contributed by atoms with van der Waals surface area (Å²) in [4.78, 5) is 63.1. The molecule has 0 radical (unpaired) electrons. The Morgan fingerprint density at radius 2 is 1.53 bits per heavy atom. The number of nitrogens with one attached hydrogen (secondary N) is 1. The van der Waals surface area contributed by atoms with Crippen molar-refractivity contribution < 1.29 is 33.4 Å². The quantitative estimate of drug-likeness (QED) is 0.267. The summed E-state index contributed by atoms with van der Waals surface area (Å²) in [5.74, 6) is -1.87. The van der Waals surface area contributed by atoms with Crippen molar-refractivity contribution in [1.82, 2.24) is 4.90 Å². The first-order valence-corrected chi connectivity index (χ1v) is 11.9. The summed E-state index contributed by atoms with van der Waals surface area (Å²) in [6.07, 6.45) is 0.174. The van der Waals surface area contributed by atoms with Gasteiger partial charge in [0.2, 0.25) is 5.91 Å². The normalized spacial score (nSPS) is 12.5. The number of methoxy groups -OCH3 is 2. The van der Waals surface area contributed by atoms with Crippen molar-refractivity contribution in [3.05, 3.63) is 47.5 Å². The van der Waals surface area contributed by atoms with Crippen molar-refractivity contribution in [2.24, 2.45) is 10.2 Å². The third-order valence-electron chi connectivity index (χ3n) is 5.83. The number of fused-ring (bicyclic) bond motifs is 1. The zero-order valence-electron chi connectivity index (χ0n) is 21.6.